The third-order valence-electron chi connectivity index (χ3n) is 3.31. The molecule has 0 aliphatic rings. The van der Waals surface area contributed by atoms with Crippen LogP contribution in [0.5, 0.6) is 0 Å². The smallest absolute Gasteiger partial charge is 0.272 e. The number of benzene rings is 1. The zero-order valence-electron chi connectivity index (χ0n) is 11.9. The molecule has 20 heavy (non-hydrogen) atoms. The Morgan fingerprint density at radius 1 is 1.30 bits per heavy atom. The molecule has 0 unspecified atom stereocenters. The zero-order chi connectivity index (χ0) is 15.4. The van der Waals surface area contributed by atoms with Gasteiger partial charge in [0.25, 0.3) is 5.69 Å². The number of hydrogen-bond acceptors (Lipinski definition) is 5. The minimum absolute atomic E-state index is 0.0941. The Hall–Kier alpha value is -1.47. The van der Waals surface area contributed by atoms with Gasteiger partial charge in [0.15, 0.2) is 9.84 Å². The van der Waals surface area contributed by atoms with Gasteiger partial charge in [-0.2, -0.15) is 0 Å². The summed E-state index contributed by atoms with van der Waals surface area (Å²) in [7, 11) is -3.14. The van der Waals surface area contributed by atoms with Crippen molar-refractivity contribution >= 4 is 15.5 Å². The standard InChI is InChI=1S/C13H20N2O4S/c1-13(2,20(3,18)19)10-14-9-8-11-6-4-5-7-12(11)15(16)17/h4-7,14H,8-10H2,1-3H3. The predicted octanol–water partition coefficient (Wildman–Crippen LogP) is 1.55. The first kappa shape index (κ1) is 16.6. The molecular weight excluding hydrogens is 280 g/mol. The van der Waals surface area contributed by atoms with Crippen LogP contribution in [0, 0.1) is 10.1 Å². The third kappa shape index (κ3) is 4.28. The molecule has 1 aromatic carbocycles. The summed E-state index contributed by atoms with van der Waals surface area (Å²) >= 11 is 0. The van der Waals surface area contributed by atoms with Crippen LogP contribution in [0.3, 0.4) is 0 Å². The molecule has 0 saturated carbocycles. The molecule has 0 amide bonds. The van der Waals surface area contributed by atoms with E-state index in [1.54, 1.807) is 32.0 Å². The molecular formula is C13H20N2O4S. The molecule has 0 radical (unpaired) electrons. The van der Waals surface area contributed by atoms with Gasteiger partial charge in [-0.25, -0.2) is 8.42 Å². The van der Waals surface area contributed by atoms with E-state index in [1.807, 2.05) is 0 Å². The second-order valence-corrected chi connectivity index (χ2v) is 7.99. The van der Waals surface area contributed by atoms with Gasteiger partial charge in [-0.3, -0.25) is 10.1 Å². The van der Waals surface area contributed by atoms with Gasteiger partial charge in [0, 0.05) is 24.4 Å². The van der Waals surface area contributed by atoms with E-state index in [-0.39, 0.29) is 5.69 Å². The molecule has 112 valence electrons. The number of para-hydroxylation sites is 1. The number of nitrogens with one attached hydrogen (secondary N) is 1. The van der Waals surface area contributed by atoms with Gasteiger partial charge in [0.1, 0.15) is 0 Å². The second-order valence-electron chi connectivity index (χ2n) is 5.34. The van der Waals surface area contributed by atoms with E-state index in [4.69, 9.17) is 0 Å². The molecule has 0 spiro atoms. The number of nitro benzene ring substituents is 1. The summed E-state index contributed by atoms with van der Waals surface area (Å²) in [4.78, 5) is 10.4. The quantitative estimate of drug-likeness (QED) is 0.469. The van der Waals surface area contributed by atoms with Crippen molar-refractivity contribution in [3.63, 3.8) is 0 Å². The van der Waals surface area contributed by atoms with Crippen molar-refractivity contribution in [2.45, 2.75) is 25.0 Å². The fourth-order valence-corrected chi connectivity index (χ4v) is 2.01. The molecule has 0 fully saturated rings. The van der Waals surface area contributed by atoms with Crippen LogP contribution in [0.2, 0.25) is 0 Å². The van der Waals surface area contributed by atoms with Crippen LogP contribution < -0.4 is 5.32 Å². The Balaban J connectivity index is 2.57. The van der Waals surface area contributed by atoms with Crippen LogP contribution >= 0.6 is 0 Å². The Bertz CT molecular complexity index is 582. The molecule has 1 N–H and O–H groups in total. The van der Waals surface area contributed by atoms with Crippen molar-refractivity contribution in [2.75, 3.05) is 19.3 Å². The van der Waals surface area contributed by atoms with E-state index in [0.717, 1.165) is 0 Å². The molecule has 1 rings (SSSR count). The Labute approximate surface area is 119 Å². The second kappa shape index (κ2) is 6.32. The Morgan fingerprint density at radius 2 is 1.90 bits per heavy atom. The highest BCUT2D eigenvalue weighted by Gasteiger charge is 2.29. The lowest BCUT2D eigenvalue weighted by Gasteiger charge is -2.22. The summed E-state index contributed by atoms with van der Waals surface area (Å²) in [5.74, 6) is 0. The zero-order valence-corrected chi connectivity index (χ0v) is 12.7. The fourth-order valence-electron chi connectivity index (χ4n) is 1.64. The van der Waals surface area contributed by atoms with E-state index in [1.165, 1.54) is 12.3 Å². The van der Waals surface area contributed by atoms with Crippen LogP contribution in [0.15, 0.2) is 24.3 Å². The first-order valence-corrected chi connectivity index (χ1v) is 8.17. The number of hydrogen-bond donors (Lipinski definition) is 1. The molecule has 7 heteroatoms. The van der Waals surface area contributed by atoms with Crippen molar-refractivity contribution in [3.8, 4) is 0 Å². The summed E-state index contributed by atoms with van der Waals surface area (Å²) in [5.41, 5.74) is 0.735. The molecule has 0 heterocycles. The molecule has 0 aromatic heterocycles. The summed E-state index contributed by atoms with van der Waals surface area (Å²) in [5, 5.41) is 13.9. The summed E-state index contributed by atoms with van der Waals surface area (Å²) in [6.07, 6.45) is 1.69. The van der Waals surface area contributed by atoms with E-state index < -0.39 is 19.5 Å². The van der Waals surface area contributed by atoms with Gasteiger partial charge in [-0.05, 0) is 26.8 Å². The van der Waals surface area contributed by atoms with Crippen LogP contribution in [0.25, 0.3) is 0 Å². The average Bonchev–Trinajstić information content (AvgIpc) is 2.33. The van der Waals surface area contributed by atoms with Crippen LogP contribution in [-0.2, 0) is 16.3 Å². The lowest BCUT2D eigenvalue weighted by molar-refractivity contribution is -0.385. The first-order valence-electron chi connectivity index (χ1n) is 6.28. The summed E-state index contributed by atoms with van der Waals surface area (Å²) < 4.78 is 22.2. The van der Waals surface area contributed by atoms with Gasteiger partial charge >= 0.3 is 0 Å². The summed E-state index contributed by atoms with van der Waals surface area (Å²) in [6.45, 7) is 4.11. The Morgan fingerprint density at radius 3 is 2.45 bits per heavy atom. The van der Waals surface area contributed by atoms with E-state index in [0.29, 0.717) is 25.1 Å². The minimum Gasteiger partial charge on any atom is -0.315 e. The molecule has 0 aliphatic carbocycles. The third-order valence-corrected chi connectivity index (χ3v) is 5.47. The lowest BCUT2D eigenvalue weighted by Crippen LogP contribution is -2.42. The highest BCUT2D eigenvalue weighted by atomic mass is 32.2. The van der Waals surface area contributed by atoms with Gasteiger partial charge in [0.05, 0.1) is 9.67 Å². The van der Waals surface area contributed by atoms with Crippen molar-refractivity contribution < 1.29 is 13.3 Å². The average molecular weight is 300 g/mol. The van der Waals surface area contributed by atoms with Gasteiger partial charge < -0.3 is 5.32 Å². The molecule has 0 atom stereocenters. The maximum absolute atomic E-state index is 11.5. The van der Waals surface area contributed by atoms with Crippen LogP contribution in [0.4, 0.5) is 5.69 Å². The highest BCUT2D eigenvalue weighted by Crippen LogP contribution is 2.18. The normalized spacial score (nSPS) is 12.3. The number of rotatable bonds is 7. The van der Waals surface area contributed by atoms with Crippen LogP contribution in [-0.4, -0.2) is 37.4 Å². The van der Waals surface area contributed by atoms with Gasteiger partial charge in [-0.15, -0.1) is 0 Å². The van der Waals surface area contributed by atoms with E-state index in [2.05, 4.69) is 5.32 Å². The summed E-state index contributed by atoms with van der Waals surface area (Å²) in [6, 6.07) is 6.56. The fraction of sp³-hybridized carbons (Fsp3) is 0.538. The van der Waals surface area contributed by atoms with Crippen molar-refractivity contribution in [1.29, 1.82) is 0 Å². The topological polar surface area (TPSA) is 89.3 Å². The maximum atomic E-state index is 11.5. The maximum Gasteiger partial charge on any atom is 0.272 e. The highest BCUT2D eigenvalue weighted by molar-refractivity contribution is 7.92. The van der Waals surface area contributed by atoms with Crippen molar-refractivity contribution in [1.82, 2.24) is 5.32 Å². The van der Waals surface area contributed by atoms with Crippen LogP contribution in [0.1, 0.15) is 19.4 Å². The molecule has 1 aromatic rings. The first-order chi connectivity index (χ1) is 9.15. The van der Waals surface area contributed by atoms with Crippen molar-refractivity contribution in [2.24, 2.45) is 0 Å². The lowest BCUT2D eigenvalue weighted by atomic mass is 10.1. The Kier molecular flexibility index (Phi) is 5.24. The van der Waals surface area contributed by atoms with Gasteiger partial charge in [-0.1, -0.05) is 18.2 Å². The van der Waals surface area contributed by atoms with Gasteiger partial charge in [0.2, 0.25) is 0 Å². The number of nitro groups is 1. The minimum atomic E-state index is -3.14. The molecule has 0 saturated heterocycles. The van der Waals surface area contributed by atoms with E-state index in [9.17, 15) is 18.5 Å². The van der Waals surface area contributed by atoms with E-state index >= 15 is 0 Å². The molecule has 0 aliphatic heterocycles. The monoisotopic (exact) mass is 300 g/mol. The number of sulfone groups is 1. The largest absolute Gasteiger partial charge is 0.315 e. The molecule has 0 bridgehead atoms. The molecule has 6 nitrogen and oxygen atoms in total. The van der Waals surface area contributed by atoms with Crippen molar-refractivity contribution in [3.05, 3.63) is 39.9 Å². The number of nitrogens with zero attached hydrogens (tertiary/aromatic N) is 1. The predicted molar refractivity (Wildman–Crippen MR) is 78.6 cm³/mol. The SMILES string of the molecule is CC(C)(CNCCc1ccccc1[N+](=O)[O-])S(C)(=O)=O.